The monoisotopic (exact) mass is 230 g/mol. The lowest BCUT2D eigenvalue weighted by atomic mass is 10.1. The van der Waals surface area contributed by atoms with E-state index in [9.17, 15) is 4.79 Å². The summed E-state index contributed by atoms with van der Waals surface area (Å²) in [6.45, 7) is 1.57. The van der Waals surface area contributed by atoms with Gasteiger partial charge in [0.05, 0.1) is 0 Å². The minimum absolute atomic E-state index is 0.254. The molecule has 3 nitrogen and oxygen atoms in total. The minimum Gasteiger partial charge on any atom is -0.405 e. The number of nitrogens with two attached hydrogens (primary N) is 1. The third-order valence-corrected chi connectivity index (χ3v) is 3.12. The second-order valence-electron chi connectivity index (χ2n) is 4.49. The molecule has 0 aromatic heterocycles. The van der Waals surface area contributed by atoms with Crippen LogP contribution in [0, 0.1) is 5.92 Å². The van der Waals surface area contributed by atoms with Crippen LogP contribution < -0.4 is 5.73 Å². The van der Waals surface area contributed by atoms with Crippen LogP contribution in [0.4, 0.5) is 0 Å². The Balaban J connectivity index is 1.92. The summed E-state index contributed by atoms with van der Waals surface area (Å²) in [4.78, 5) is 13.8. The summed E-state index contributed by atoms with van der Waals surface area (Å²) in [7, 11) is 0. The molecule has 90 valence electrons. The van der Waals surface area contributed by atoms with Gasteiger partial charge in [0.15, 0.2) is 0 Å². The molecule has 0 radical (unpaired) electrons. The van der Waals surface area contributed by atoms with Gasteiger partial charge in [-0.25, -0.2) is 0 Å². The molecule has 3 heteroatoms. The van der Waals surface area contributed by atoms with E-state index in [2.05, 4.69) is 12.1 Å². The second kappa shape index (κ2) is 5.53. The Labute approximate surface area is 102 Å². The molecular weight excluding hydrogens is 212 g/mol. The Kier molecular flexibility index (Phi) is 3.81. The van der Waals surface area contributed by atoms with Gasteiger partial charge in [-0.1, -0.05) is 36.4 Å². The summed E-state index contributed by atoms with van der Waals surface area (Å²) in [5.74, 6) is 0.676. The fraction of sp³-hybridized carbons (Fsp3) is 0.357. The van der Waals surface area contributed by atoms with Crippen LogP contribution in [-0.2, 0) is 11.3 Å². The molecule has 1 fully saturated rings. The lowest BCUT2D eigenvalue weighted by Crippen LogP contribution is -2.24. The van der Waals surface area contributed by atoms with Gasteiger partial charge in [-0.3, -0.25) is 4.79 Å². The number of benzene rings is 1. The molecule has 2 rings (SSSR count). The van der Waals surface area contributed by atoms with Crippen molar-refractivity contribution in [3.8, 4) is 0 Å². The SMILES string of the molecule is NC=CCC1CC(=O)N(Cc2ccccc2)C1. The molecule has 0 bridgehead atoms. The summed E-state index contributed by atoms with van der Waals surface area (Å²) in [5, 5.41) is 0. The summed E-state index contributed by atoms with van der Waals surface area (Å²) in [5.41, 5.74) is 6.51. The van der Waals surface area contributed by atoms with E-state index in [1.165, 1.54) is 5.56 Å². The standard InChI is InChI=1S/C14H18N2O/c15-8-4-7-13-9-14(17)16(11-13)10-12-5-2-1-3-6-12/h1-6,8,13H,7,9-11,15H2. The predicted octanol–water partition coefficient (Wildman–Crippen LogP) is 1.90. The average Bonchev–Trinajstić information content (AvgIpc) is 2.69. The fourth-order valence-corrected chi connectivity index (χ4v) is 2.24. The maximum atomic E-state index is 11.8. The zero-order valence-electron chi connectivity index (χ0n) is 9.88. The molecular formula is C14H18N2O. The molecule has 2 N–H and O–H groups in total. The van der Waals surface area contributed by atoms with Crippen LogP contribution in [0.25, 0.3) is 0 Å². The second-order valence-corrected chi connectivity index (χ2v) is 4.49. The van der Waals surface area contributed by atoms with Gasteiger partial charge >= 0.3 is 0 Å². The quantitative estimate of drug-likeness (QED) is 0.858. The zero-order valence-corrected chi connectivity index (χ0v) is 9.88. The highest BCUT2D eigenvalue weighted by Gasteiger charge is 2.28. The lowest BCUT2D eigenvalue weighted by Gasteiger charge is -2.16. The van der Waals surface area contributed by atoms with E-state index >= 15 is 0 Å². The molecule has 1 atom stereocenters. The normalized spacial score (nSPS) is 20.4. The van der Waals surface area contributed by atoms with Crippen LogP contribution in [0.5, 0.6) is 0 Å². The zero-order chi connectivity index (χ0) is 12.1. The van der Waals surface area contributed by atoms with Crippen molar-refractivity contribution in [3.05, 3.63) is 48.2 Å². The first-order valence-electron chi connectivity index (χ1n) is 5.98. The van der Waals surface area contributed by atoms with Gasteiger partial charge in [-0.05, 0) is 24.1 Å². The molecule has 0 aliphatic carbocycles. The smallest absolute Gasteiger partial charge is 0.223 e. The van der Waals surface area contributed by atoms with Crippen LogP contribution in [0.2, 0.25) is 0 Å². The van der Waals surface area contributed by atoms with Gasteiger partial charge < -0.3 is 10.6 Å². The average molecular weight is 230 g/mol. The van der Waals surface area contributed by atoms with Crippen LogP contribution in [-0.4, -0.2) is 17.4 Å². The molecule has 1 amide bonds. The Morgan fingerprint density at radius 3 is 2.82 bits per heavy atom. The number of amides is 1. The maximum absolute atomic E-state index is 11.8. The van der Waals surface area contributed by atoms with Crippen molar-refractivity contribution in [2.45, 2.75) is 19.4 Å². The third-order valence-electron chi connectivity index (χ3n) is 3.12. The molecule has 17 heavy (non-hydrogen) atoms. The van der Waals surface area contributed by atoms with E-state index in [1.54, 1.807) is 6.20 Å². The van der Waals surface area contributed by atoms with Crippen molar-refractivity contribution in [3.63, 3.8) is 0 Å². The van der Waals surface area contributed by atoms with Crippen LogP contribution in [0.1, 0.15) is 18.4 Å². The first-order chi connectivity index (χ1) is 8.29. The Hall–Kier alpha value is -1.77. The molecule has 1 unspecified atom stereocenters. The van der Waals surface area contributed by atoms with E-state index < -0.39 is 0 Å². The number of likely N-dealkylation sites (tertiary alicyclic amines) is 1. The lowest BCUT2D eigenvalue weighted by molar-refractivity contribution is -0.128. The molecule has 1 aromatic rings. The van der Waals surface area contributed by atoms with Gasteiger partial charge in [-0.2, -0.15) is 0 Å². The van der Waals surface area contributed by atoms with Gasteiger partial charge in [0, 0.05) is 19.5 Å². The van der Waals surface area contributed by atoms with Gasteiger partial charge in [-0.15, -0.1) is 0 Å². The molecule has 1 saturated heterocycles. The number of allylic oxidation sites excluding steroid dienone is 1. The highest BCUT2D eigenvalue weighted by molar-refractivity contribution is 5.78. The highest BCUT2D eigenvalue weighted by atomic mass is 16.2. The number of nitrogens with zero attached hydrogens (tertiary/aromatic N) is 1. The predicted molar refractivity (Wildman–Crippen MR) is 67.9 cm³/mol. The van der Waals surface area contributed by atoms with E-state index in [0.29, 0.717) is 12.3 Å². The summed E-state index contributed by atoms with van der Waals surface area (Å²) >= 11 is 0. The van der Waals surface area contributed by atoms with Crippen molar-refractivity contribution in [1.82, 2.24) is 4.90 Å². The van der Waals surface area contributed by atoms with Crippen molar-refractivity contribution in [2.75, 3.05) is 6.54 Å². The molecule has 0 spiro atoms. The van der Waals surface area contributed by atoms with E-state index in [1.807, 2.05) is 29.2 Å². The topological polar surface area (TPSA) is 46.3 Å². The molecule has 1 aliphatic rings. The maximum Gasteiger partial charge on any atom is 0.223 e. The Bertz CT molecular complexity index is 400. The number of carbonyl (C=O) groups excluding carboxylic acids is 1. The Morgan fingerprint density at radius 2 is 2.12 bits per heavy atom. The number of hydrogen-bond acceptors (Lipinski definition) is 2. The summed E-state index contributed by atoms with van der Waals surface area (Å²) in [6.07, 6.45) is 5.04. The fourth-order valence-electron chi connectivity index (χ4n) is 2.24. The first-order valence-corrected chi connectivity index (χ1v) is 5.98. The third kappa shape index (κ3) is 3.09. The number of rotatable bonds is 4. The van der Waals surface area contributed by atoms with Crippen molar-refractivity contribution in [2.24, 2.45) is 11.7 Å². The van der Waals surface area contributed by atoms with Crippen molar-refractivity contribution < 1.29 is 4.79 Å². The molecule has 0 saturated carbocycles. The largest absolute Gasteiger partial charge is 0.405 e. The van der Waals surface area contributed by atoms with E-state index in [4.69, 9.17) is 5.73 Å². The van der Waals surface area contributed by atoms with Gasteiger partial charge in [0.1, 0.15) is 0 Å². The van der Waals surface area contributed by atoms with Crippen molar-refractivity contribution in [1.29, 1.82) is 0 Å². The Morgan fingerprint density at radius 1 is 1.35 bits per heavy atom. The van der Waals surface area contributed by atoms with Gasteiger partial charge in [0.25, 0.3) is 0 Å². The number of hydrogen-bond donors (Lipinski definition) is 1. The molecule has 1 aromatic carbocycles. The number of carbonyl (C=O) groups is 1. The minimum atomic E-state index is 0.254. The molecule has 1 heterocycles. The van der Waals surface area contributed by atoms with Crippen LogP contribution >= 0.6 is 0 Å². The summed E-state index contributed by atoms with van der Waals surface area (Å²) < 4.78 is 0. The van der Waals surface area contributed by atoms with E-state index in [0.717, 1.165) is 19.5 Å². The van der Waals surface area contributed by atoms with Crippen molar-refractivity contribution >= 4 is 5.91 Å². The van der Waals surface area contributed by atoms with E-state index in [-0.39, 0.29) is 5.91 Å². The van der Waals surface area contributed by atoms with Gasteiger partial charge in [0.2, 0.25) is 5.91 Å². The summed E-state index contributed by atoms with van der Waals surface area (Å²) in [6, 6.07) is 10.1. The first kappa shape index (κ1) is 11.7. The van der Waals surface area contributed by atoms with Crippen LogP contribution in [0.15, 0.2) is 42.6 Å². The van der Waals surface area contributed by atoms with Crippen LogP contribution in [0.3, 0.4) is 0 Å². The molecule has 1 aliphatic heterocycles. The highest BCUT2D eigenvalue weighted by Crippen LogP contribution is 2.22.